The summed E-state index contributed by atoms with van der Waals surface area (Å²) in [5.41, 5.74) is 1.38. The lowest BCUT2D eigenvalue weighted by molar-refractivity contribution is 0.239. The molecule has 1 aromatic rings. The van der Waals surface area contributed by atoms with E-state index in [2.05, 4.69) is 49.9 Å². The normalized spacial score (nSPS) is 19.3. The molecule has 1 aromatic carbocycles. The van der Waals surface area contributed by atoms with E-state index < -0.39 is 0 Å². The molecular weight excluding hydrogens is 258 g/mol. The zero-order chi connectivity index (χ0) is 15.1. The van der Waals surface area contributed by atoms with E-state index in [9.17, 15) is 0 Å². The van der Waals surface area contributed by atoms with Gasteiger partial charge in [-0.2, -0.15) is 0 Å². The van der Waals surface area contributed by atoms with Crippen LogP contribution in [0.2, 0.25) is 0 Å². The van der Waals surface area contributed by atoms with E-state index in [0.717, 1.165) is 12.4 Å². The molecule has 21 heavy (non-hydrogen) atoms. The third kappa shape index (κ3) is 5.35. The van der Waals surface area contributed by atoms with Crippen molar-refractivity contribution in [2.24, 2.45) is 5.92 Å². The Labute approximate surface area is 130 Å². The van der Waals surface area contributed by atoms with Crippen LogP contribution < -0.4 is 4.74 Å². The molecule has 1 saturated heterocycles. The summed E-state index contributed by atoms with van der Waals surface area (Å²) < 4.78 is 5.97. The Morgan fingerprint density at radius 1 is 1.19 bits per heavy atom. The third-order valence-electron chi connectivity index (χ3n) is 4.48. The Morgan fingerprint density at radius 2 is 1.95 bits per heavy atom. The highest BCUT2D eigenvalue weighted by molar-refractivity contribution is 5.28. The standard InChI is InChI=1S/C19H31NO/c1-4-5-6-12-20-13-11-17(14-20)15-21-19-9-7-18(8-10-19)16(2)3/h7-10,16-17H,4-6,11-15H2,1-3H3. The maximum absolute atomic E-state index is 5.97. The fraction of sp³-hybridized carbons (Fsp3) is 0.684. The molecule has 1 atom stereocenters. The summed E-state index contributed by atoms with van der Waals surface area (Å²) >= 11 is 0. The van der Waals surface area contributed by atoms with E-state index in [0.29, 0.717) is 11.8 Å². The van der Waals surface area contributed by atoms with E-state index in [4.69, 9.17) is 4.74 Å². The quantitative estimate of drug-likeness (QED) is 0.643. The van der Waals surface area contributed by atoms with Gasteiger partial charge in [-0.05, 0) is 49.5 Å². The van der Waals surface area contributed by atoms with Crippen LogP contribution in [-0.4, -0.2) is 31.1 Å². The molecule has 2 rings (SSSR count). The van der Waals surface area contributed by atoms with Gasteiger partial charge in [0.25, 0.3) is 0 Å². The Morgan fingerprint density at radius 3 is 2.62 bits per heavy atom. The Hall–Kier alpha value is -1.02. The first kappa shape index (κ1) is 16.4. The van der Waals surface area contributed by atoms with E-state index >= 15 is 0 Å². The predicted molar refractivity (Wildman–Crippen MR) is 90.1 cm³/mol. The molecule has 1 aliphatic heterocycles. The molecule has 118 valence electrons. The topological polar surface area (TPSA) is 12.5 Å². The zero-order valence-corrected chi connectivity index (χ0v) is 14.0. The van der Waals surface area contributed by atoms with Crippen molar-refractivity contribution in [2.75, 3.05) is 26.2 Å². The number of ether oxygens (including phenoxy) is 1. The number of hydrogen-bond acceptors (Lipinski definition) is 2. The summed E-state index contributed by atoms with van der Waals surface area (Å²) in [7, 11) is 0. The third-order valence-corrected chi connectivity index (χ3v) is 4.48. The minimum absolute atomic E-state index is 0.588. The highest BCUT2D eigenvalue weighted by Crippen LogP contribution is 2.21. The van der Waals surface area contributed by atoms with E-state index in [1.807, 2.05) is 0 Å². The number of benzene rings is 1. The fourth-order valence-electron chi connectivity index (χ4n) is 3.00. The van der Waals surface area contributed by atoms with Crippen molar-refractivity contribution in [1.82, 2.24) is 4.90 Å². The Balaban J connectivity index is 1.69. The molecule has 2 heteroatoms. The molecule has 0 N–H and O–H groups in total. The second-order valence-electron chi connectivity index (χ2n) is 6.70. The second-order valence-corrected chi connectivity index (χ2v) is 6.70. The molecule has 1 heterocycles. The predicted octanol–water partition coefficient (Wildman–Crippen LogP) is 4.70. The molecule has 1 fully saturated rings. The van der Waals surface area contributed by atoms with Crippen molar-refractivity contribution in [1.29, 1.82) is 0 Å². The van der Waals surface area contributed by atoms with Gasteiger partial charge in [0, 0.05) is 12.5 Å². The van der Waals surface area contributed by atoms with Crippen molar-refractivity contribution in [3.05, 3.63) is 29.8 Å². The molecule has 2 nitrogen and oxygen atoms in total. The van der Waals surface area contributed by atoms with Crippen molar-refractivity contribution < 1.29 is 4.74 Å². The van der Waals surface area contributed by atoms with E-state index in [1.165, 1.54) is 50.9 Å². The van der Waals surface area contributed by atoms with Crippen LogP contribution in [0.4, 0.5) is 0 Å². The Bertz CT molecular complexity index is 399. The van der Waals surface area contributed by atoms with Gasteiger partial charge in [-0.1, -0.05) is 45.7 Å². The molecule has 0 aliphatic carbocycles. The summed E-state index contributed by atoms with van der Waals surface area (Å²) in [5, 5.41) is 0. The molecule has 0 saturated carbocycles. The van der Waals surface area contributed by atoms with Crippen LogP contribution in [-0.2, 0) is 0 Å². The first-order valence-corrected chi connectivity index (χ1v) is 8.64. The van der Waals surface area contributed by atoms with Crippen LogP contribution >= 0.6 is 0 Å². The molecule has 0 amide bonds. The average Bonchev–Trinajstić information content (AvgIpc) is 2.94. The SMILES string of the molecule is CCCCCN1CCC(COc2ccc(C(C)C)cc2)C1. The monoisotopic (exact) mass is 289 g/mol. The van der Waals surface area contributed by atoms with Gasteiger partial charge in [-0.15, -0.1) is 0 Å². The minimum atomic E-state index is 0.588. The van der Waals surface area contributed by atoms with Gasteiger partial charge in [-0.3, -0.25) is 0 Å². The van der Waals surface area contributed by atoms with Crippen LogP contribution in [0.15, 0.2) is 24.3 Å². The van der Waals surface area contributed by atoms with Crippen LogP contribution in [0, 0.1) is 5.92 Å². The summed E-state index contributed by atoms with van der Waals surface area (Å²) in [6.07, 6.45) is 5.31. The average molecular weight is 289 g/mol. The van der Waals surface area contributed by atoms with Gasteiger partial charge < -0.3 is 9.64 Å². The lowest BCUT2D eigenvalue weighted by Gasteiger charge is -2.16. The van der Waals surface area contributed by atoms with Gasteiger partial charge in [0.2, 0.25) is 0 Å². The van der Waals surface area contributed by atoms with Crippen LogP contribution in [0.5, 0.6) is 5.75 Å². The Kier molecular flexibility index (Phi) is 6.56. The number of likely N-dealkylation sites (tertiary alicyclic amines) is 1. The van der Waals surface area contributed by atoms with Crippen molar-refractivity contribution in [2.45, 2.75) is 52.4 Å². The summed E-state index contributed by atoms with van der Waals surface area (Å²) in [6.45, 7) is 11.3. The number of rotatable bonds is 8. The maximum atomic E-state index is 5.97. The van der Waals surface area contributed by atoms with Crippen molar-refractivity contribution in [3.8, 4) is 5.75 Å². The van der Waals surface area contributed by atoms with Crippen LogP contribution in [0.1, 0.15) is 57.9 Å². The molecule has 1 unspecified atom stereocenters. The second kappa shape index (κ2) is 8.43. The van der Waals surface area contributed by atoms with Crippen molar-refractivity contribution >= 4 is 0 Å². The largest absolute Gasteiger partial charge is 0.493 e. The first-order valence-electron chi connectivity index (χ1n) is 8.64. The molecule has 1 aliphatic rings. The maximum Gasteiger partial charge on any atom is 0.119 e. The van der Waals surface area contributed by atoms with Crippen molar-refractivity contribution in [3.63, 3.8) is 0 Å². The van der Waals surface area contributed by atoms with E-state index in [1.54, 1.807) is 0 Å². The molecule has 0 radical (unpaired) electrons. The van der Waals surface area contributed by atoms with Crippen LogP contribution in [0.3, 0.4) is 0 Å². The molecule has 0 bridgehead atoms. The van der Waals surface area contributed by atoms with Gasteiger partial charge >= 0.3 is 0 Å². The fourth-order valence-corrected chi connectivity index (χ4v) is 3.00. The molecule has 0 spiro atoms. The number of nitrogens with zero attached hydrogens (tertiary/aromatic N) is 1. The number of unbranched alkanes of at least 4 members (excludes halogenated alkanes) is 2. The first-order chi connectivity index (χ1) is 10.2. The van der Waals surface area contributed by atoms with Gasteiger partial charge in [0.15, 0.2) is 0 Å². The highest BCUT2D eigenvalue weighted by Gasteiger charge is 2.22. The molecule has 0 aromatic heterocycles. The zero-order valence-electron chi connectivity index (χ0n) is 14.0. The summed E-state index contributed by atoms with van der Waals surface area (Å²) in [6, 6.07) is 8.60. The van der Waals surface area contributed by atoms with Gasteiger partial charge in [0.05, 0.1) is 6.61 Å². The highest BCUT2D eigenvalue weighted by atomic mass is 16.5. The molecular formula is C19H31NO. The van der Waals surface area contributed by atoms with Crippen LogP contribution in [0.25, 0.3) is 0 Å². The summed E-state index contributed by atoms with van der Waals surface area (Å²) in [5.74, 6) is 2.31. The summed E-state index contributed by atoms with van der Waals surface area (Å²) in [4.78, 5) is 2.60. The lowest BCUT2D eigenvalue weighted by atomic mass is 10.0. The number of hydrogen-bond donors (Lipinski definition) is 0. The lowest BCUT2D eigenvalue weighted by Crippen LogP contribution is -2.23. The van der Waals surface area contributed by atoms with Gasteiger partial charge in [-0.25, -0.2) is 0 Å². The smallest absolute Gasteiger partial charge is 0.119 e. The van der Waals surface area contributed by atoms with E-state index in [-0.39, 0.29) is 0 Å². The van der Waals surface area contributed by atoms with Gasteiger partial charge in [0.1, 0.15) is 5.75 Å². The minimum Gasteiger partial charge on any atom is -0.493 e.